The Bertz CT molecular complexity index is 221. The number of hydrogen-bond acceptors (Lipinski definition) is 3. The van der Waals surface area contributed by atoms with Gasteiger partial charge in [-0.3, -0.25) is 0 Å². The van der Waals surface area contributed by atoms with Gasteiger partial charge in [0, 0.05) is 6.04 Å². The Kier molecular flexibility index (Phi) is 6.19. The summed E-state index contributed by atoms with van der Waals surface area (Å²) in [5, 5.41) is 29.9. The van der Waals surface area contributed by atoms with Gasteiger partial charge in [0.15, 0.2) is 0 Å². The predicted octanol–water partition coefficient (Wildman–Crippen LogP) is 0.0512. The van der Waals surface area contributed by atoms with Gasteiger partial charge >= 0.3 is 12.2 Å². The molecule has 5 N–H and O–H groups in total. The third-order valence-electron chi connectivity index (χ3n) is 1.87. The monoisotopic (exact) mass is 220 g/mol. The minimum atomic E-state index is -1.20. The lowest BCUT2D eigenvalue weighted by molar-refractivity contribution is 0.172. The summed E-state index contributed by atoms with van der Waals surface area (Å²) >= 11 is 0. The van der Waals surface area contributed by atoms with E-state index in [2.05, 4.69) is 10.6 Å². The molecule has 0 aromatic heterocycles. The molecule has 0 aliphatic carbocycles. The molecule has 7 nitrogen and oxygen atoms in total. The molecule has 0 radical (unpaired) electrons. The molecule has 0 bridgehead atoms. The zero-order valence-corrected chi connectivity index (χ0v) is 8.43. The first-order chi connectivity index (χ1) is 6.95. The van der Waals surface area contributed by atoms with Gasteiger partial charge < -0.3 is 26.0 Å². The van der Waals surface area contributed by atoms with Crippen LogP contribution in [0.15, 0.2) is 0 Å². The van der Waals surface area contributed by atoms with Crippen molar-refractivity contribution in [1.82, 2.24) is 10.6 Å². The van der Waals surface area contributed by atoms with Crippen LogP contribution in [0.5, 0.6) is 0 Å². The van der Waals surface area contributed by atoms with Crippen LogP contribution in [0.4, 0.5) is 9.59 Å². The van der Waals surface area contributed by atoms with Crippen molar-refractivity contribution in [3.05, 3.63) is 0 Å². The number of aliphatic hydroxyl groups excluding tert-OH is 1. The first kappa shape index (κ1) is 13.5. The predicted molar refractivity (Wildman–Crippen MR) is 51.9 cm³/mol. The van der Waals surface area contributed by atoms with E-state index >= 15 is 0 Å². The maximum Gasteiger partial charge on any atom is 0.404 e. The van der Waals surface area contributed by atoms with E-state index in [4.69, 9.17) is 15.3 Å². The van der Waals surface area contributed by atoms with Crippen molar-refractivity contribution < 1.29 is 24.9 Å². The van der Waals surface area contributed by atoms with Gasteiger partial charge in [0.1, 0.15) is 0 Å². The molecular weight excluding hydrogens is 204 g/mol. The van der Waals surface area contributed by atoms with E-state index < -0.39 is 18.2 Å². The molecule has 0 heterocycles. The lowest BCUT2D eigenvalue weighted by Gasteiger charge is -2.17. The van der Waals surface area contributed by atoms with E-state index in [9.17, 15) is 9.59 Å². The van der Waals surface area contributed by atoms with Gasteiger partial charge in [-0.15, -0.1) is 0 Å². The van der Waals surface area contributed by atoms with Crippen molar-refractivity contribution in [1.29, 1.82) is 0 Å². The summed E-state index contributed by atoms with van der Waals surface area (Å²) in [5.74, 6) is 0. The fourth-order valence-corrected chi connectivity index (χ4v) is 1.12. The fourth-order valence-electron chi connectivity index (χ4n) is 1.12. The molecule has 0 unspecified atom stereocenters. The molecule has 0 aromatic rings. The fraction of sp³-hybridized carbons (Fsp3) is 0.750. The molecule has 88 valence electrons. The van der Waals surface area contributed by atoms with Crippen molar-refractivity contribution in [3.8, 4) is 0 Å². The van der Waals surface area contributed by atoms with Crippen LogP contribution in [0.3, 0.4) is 0 Å². The van der Waals surface area contributed by atoms with Gasteiger partial charge in [0.25, 0.3) is 0 Å². The van der Waals surface area contributed by atoms with Crippen molar-refractivity contribution in [2.45, 2.75) is 31.8 Å². The number of amides is 2. The van der Waals surface area contributed by atoms with Crippen LogP contribution in [0, 0.1) is 0 Å². The van der Waals surface area contributed by atoms with Crippen LogP contribution in [-0.2, 0) is 0 Å². The summed E-state index contributed by atoms with van der Waals surface area (Å²) in [4.78, 5) is 20.5. The van der Waals surface area contributed by atoms with Gasteiger partial charge in [-0.1, -0.05) is 0 Å². The molecule has 0 saturated carbocycles. The number of nitrogens with one attached hydrogen (secondary N) is 2. The van der Waals surface area contributed by atoms with E-state index in [1.165, 1.54) is 0 Å². The van der Waals surface area contributed by atoms with Gasteiger partial charge in [0.05, 0.1) is 12.6 Å². The van der Waals surface area contributed by atoms with Crippen molar-refractivity contribution in [3.63, 3.8) is 0 Å². The summed E-state index contributed by atoms with van der Waals surface area (Å²) in [6.07, 6.45) is -1.48. The van der Waals surface area contributed by atoms with E-state index in [1.807, 2.05) is 0 Å². The number of rotatable bonds is 6. The normalized spacial score (nSPS) is 14.0. The Hall–Kier alpha value is -1.50. The van der Waals surface area contributed by atoms with Crippen molar-refractivity contribution in [2.75, 3.05) is 6.61 Å². The Labute approximate surface area is 87.1 Å². The van der Waals surface area contributed by atoms with Gasteiger partial charge in [-0.05, 0) is 19.8 Å². The molecule has 0 aromatic carbocycles. The number of carboxylic acid groups (broad SMARTS) is 2. The second-order valence-electron chi connectivity index (χ2n) is 3.26. The SMILES string of the molecule is C[C@@H](CC[C@@H](CO)NC(=O)O)NC(=O)O. The Balaban J connectivity index is 3.79. The van der Waals surface area contributed by atoms with E-state index in [0.29, 0.717) is 12.8 Å². The number of aliphatic hydroxyl groups is 1. The third kappa shape index (κ3) is 7.56. The third-order valence-corrected chi connectivity index (χ3v) is 1.87. The first-order valence-corrected chi connectivity index (χ1v) is 4.55. The standard InChI is InChI=1S/C8H16N2O5/c1-5(9-7(12)13)2-3-6(4-11)10-8(14)15/h5-6,9-11H,2-4H2,1H3,(H,12,13)(H,14,15)/t5-,6-/m0/s1. The van der Waals surface area contributed by atoms with E-state index in [0.717, 1.165) is 0 Å². The highest BCUT2D eigenvalue weighted by Crippen LogP contribution is 2.01. The zero-order valence-electron chi connectivity index (χ0n) is 8.43. The summed E-state index contributed by atoms with van der Waals surface area (Å²) in [5.41, 5.74) is 0. The molecule has 0 fully saturated rings. The lowest BCUT2D eigenvalue weighted by Crippen LogP contribution is -2.38. The summed E-state index contributed by atoms with van der Waals surface area (Å²) < 4.78 is 0. The van der Waals surface area contributed by atoms with Gasteiger partial charge in [0.2, 0.25) is 0 Å². The molecule has 0 rings (SSSR count). The second kappa shape index (κ2) is 6.88. The average molecular weight is 220 g/mol. The van der Waals surface area contributed by atoms with Crippen molar-refractivity contribution >= 4 is 12.2 Å². The number of hydrogen-bond donors (Lipinski definition) is 5. The van der Waals surface area contributed by atoms with Crippen LogP contribution < -0.4 is 10.6 Å². The summed E-state index contributed by atoms with van der Waals surface area (Å²) in [7, 11) is 0. The molecule has 7 heteroatoms. The molecular formula is C8H16N2O5. The van der Waals surface area contributed by atoms with Crippen LogP contribution in [0.25, 0.3) is 0 Å². The smallest absolute Gasteiger partial charge is 0.404 e. The first-order valence-electron chi connectivity index (χ1n) is 4.55. The zero-order chi connectivity index (χ0) is 11.8. The quantitative estimate of drug-likeness (QED) is 0.433. The van der Waals surface area contributed by atoms with Crippen LogP contribution >= 0.6 is 0 Å². The van der Waals surface area contributed by atoms with Gasteiger partial charge in [-0.25, -0.2) is 9.59 Å². The molecule has 0 saturated heterocycles. The molecule has 2 amide bonds. The highest BCUT2D eigenvalue weighted by molar-refractivity contribution is 5.65. The molecule has 0 spiro atoms. The highest BCUT2D eigenvalue weighted by atomic mass is 16.4. The number of carbonyl (C=O) groups is 2. The summed E-state index contributed by atoms with van der Waals surface area (Å²) in [6, 6.07) is -0.826. The van der Waals surface area contributed by atoms with Gasteiger partial charge in [-0.2, -0.15) is 0 Å². The maximum absolute atomic E-state index is 10.3. The Morgan fingerprint density at radius 3 is 2.07 bits per heavy atom. The van der Waals surface area contributed by atoms with E-state index in [-0.39, 0.29) is 12.6 Å². The minimum Gasteiger partial charge on any atom is -0.465 e. The Morgan fingerprint density at radius 2 is 1.67 bits per heavy atom. The molecule has 0 aliphatic heterocycles. The van der Waals surface area contributed by atoms with Crippen LogP contribution in [-0.4, -0.2) is 46.2 Å². The van der Waals surface area contributed by atoms with Crippen LogP contribution in [0.2, 0.25) is 0 Å². The molecule has 15 heavy (non-hydrogen) atoms. The topological polar surface area (TPSA) is 119 Å². The second-order valence-corrected chi connectivity index (χ2v) is 3.26. The van der Waals surface area contributed by atoms with Crippen LogP contribution in [0.1, 0.15) is 19.8 Å². The largest absolute Gasteiger partial charge is 0.465 e. The maximum atomic E-state index is 10.3. The molecule has 0 aliphatic rings. The minimum absolute atomic E-state index is 0.271. The van der Waals surface area contributed by atoms with Crippen molar-refractivity contribution in [2.24, 2.45) is 0 Å². The molecule has 2 atom stereocenters. The summed E-state index contributed by atoms with van der Waals surface area (Å²) in [6.45, 7) is 1.37. The average Bonchev–Trinajstić information content (AvgIpc) is 2.10. The lowest BCUT2D eigenvalue weighted by atomic mass is 10.1. The Morgan fingerprint density at radius 1 is 1.13 bits per heavy atom. The van der Waals surface area contributed by atoms with E-state index in [1.54, 1.807) is 6.92 Å². The highest BCUT2D eigenvalue weighted by Gasteiger charge is 2.12.